The summed E-state index contributed by atoms with van der Waals surface area (Å²) in [5.41, 5.74) is 10.6. The number of carbonyl (C=O) groups excluding carboxylic acids is 1. The quantitative estimate of drug-likeness (QED) is 0.557. The summed E-state index contributed by atoms with van der Waals surface area (Å²) < 4.78 is 0. The van der Waals surface area contributed by atoms with E-state index >= 15 is 0 Å². The fraction of sp³-hybridized carbons (Fsp3) is 0.857. The van der Waals surface area contributed by atoms with Crippen molar-refractivity contribution in [2.75, 3.05) is 6.54 Å². The van der Waals surface area contributed by atoms with Crippen LogP contribution < -0.4 is 11.5 Å². The number of rotatable bonds is 1. The van der Waals surface area contributed by atoms with Gasteiger partial charge >= 0.3 is 6.03 Å². The molecular formula is C7H15N3O. The van der Waals surface area contributed by atoms with Crippen molar-refractivity contribution in [3.63, 3.8) is 0 Å². The third kappa shape index (κ3) is 1.45. The number of primary amides is 1. The van der Waals surface area contributed by atoms with Crippen molar-refractivity contribution in [2.45, 2.75) is 31.8 Å². The first-order valence-electron chi connectivity index (χ1n) is 3.78. The van der Waals surface area contributed by atoms with Crippen molar-refractivity contribution in [3.8, 4) is 0 Å². The molecule has 4 N–H and O–H groups in total. The number of hydrogen-bond donors (Lipinski definition) is 2. The molecule has 0 aliphatic carbocycles. The topological polar surface area (TPSA) is 72.3 Å². The molecule has 1 rings (SSSR count). The Bertz CT molecular complexity index is 173. The van der Waals surface area contributed by atoms with Crippen LogP contribution in [0.15, 0.2) is 0 Å². The van der Waals surface area contributed by atoms with E-state index in [0.29, 0.717) is 0 Å². The van der Waals surface area contributed by atoms with Crippen LogP contribution in [-0.4, -0.2) is 29.1 Å². The predicted molar refractivity (Wildman–Crippen MR) is 43.0 cm³/mol. The predicted octanol–water partition coefficient (Wildman–Crippen LogP) is -0.123. The molecule has 0 radical (unpaired) electrons. The minimum Gasteiger partial charge on any atom is -0.351 e. The number of nitrogens with zero attached hydrogens (tertiary/aromatic N) is 1. The molecule has 4 heteroatoms. The van der Waals surface area contributed by atoms with Crippen LogP contribution in [0.3, 0.4) is 0 Å². The summed E-state index contributed by atoms with van der Waals surface area (Å²) in [5, 5.41) is 0. The van der Waals surface area contributed by atoms with E-state index in [2.05, 4.69) is 0 Å². The highest BCUT2D eigenvalue weighted by molar-refractivity contribution is 5.73. The van der Waals surface area contributed by atoms with Crippen molar-refractivity contribution in [2.24, 2.45) is 11.5 Å². The summed E-state index contributed by atoms with van der Waals surface area (Å²) in [7, 11) is 0. The summed E-state index contributed by atoms with van der Waals surface area (Å²) in [4.78, 5) is 12.3. The molecule has 4 nitrogen and oxygen atoms in total. The summed E-state index contributed by atoms with van der Waals surface area (Å²) in [5.74, 6) is 0. The van der Waals surface area contributed by atoms with Crippen molar-refractivity contribution in [1.29, 1.82) is 0 Å². The van der Waals surface area contributed by atoms with Gasteiger partial charge in [0.15, 0.2) is 0 Å². The van der Waals surface area contributed by atoms with E-state index in [1.54, 1.807) is 4.90 Å². The van der Waals surface area contributed by atoms with Crippen LogP contribution in [0.5, 0.6) is 0 Å². The normalized spacial score (nSPS) is 24.6. The number of hydrogen-bond acceptors (Lipinski definition) is 2. The largest absolute Gasteiger partial charge is 0.351 e. The van der Waals surface area contributed by atoms with E-state index in [0.717, 1.165) is 13.0 Å². The van der Waals surface area contributed by atoms with Crippen LogP contribution in [0, 0.1) is 0 Å². The summed E-state index contributed by atoms with van der Waals surface area (Å²) in [6.07, 6.45) is 0.965. The molecule has 1 fully saturated rings. The third-order valence-electron chi connectivity index (χ3n) is 2.16. The molecule has 1 aliphatic heterocycles. The number of nitrogens with two attached hydrogens (primary N) is 2. The van der Waals surface area contributed by atoms with E-state index in [-0.39, 0.29) is 17.6 Å². The Labute approximate surface area is 66.5 Å². The van der Waals surface area contributed by atoms with Crippen molar-refractivity contribution >= 4 is 6.03 Å². The fourth-order valence-corrected chi connectivity index (χ4v) is 1.42. The van der Waals surface area contributed by atoms with E-state index in [4.69, 9.17) is 11.5 Å². The van der Waals surface area contributed by atoms with Gasteiger partial charge in [-0.05, 0) is 20.3 Å². The first-order chi connectivity index (χ1) is 4.93. The second-order valence-electron chi connectivity index (χ2n) is 3.66. The lowest BCUT2D eigenvalue weighted by molar-refractivity contribution is 0.0782. The first kappa shape index (κ1) is 8.33. The lowest BCUT2D eigenvalue weighted by Gasteiger charge is -2.47. The van der Waals surface area contributed by atoms with Gasteiger partial charge in [-0.3, -0.25) is 0 Å². The molecule has 0 aromatic heterocycles. The highest BCUT2D eigenvalue weighted by Crippen LogP contribution is 2.25. The molecule has 0 bridgehead atoms. The van der Waals surface area contributed by atoms with Crippen LogP contribution in [0.25, 0.3) is 0 Å². The maximum Gasteiger partial charge on any atom is 0.315 e. The minimum absolute atomic E-state index is 0.125. The molecule has 64 valence electrons. The Morgan fingerprint density at radius 3 is 2.27 bits per heavy atom. The highest BCUT2D eigenvalue weighted by atomic mass is 16.2. The zero-order valence-corrected chi connectivity index (χ0v) is 7.00. The van der Waals surface area contributed by atoms with Gasteiger partial charge in [0.2, 0.25) is 0 Å². The Hall–Kier alpha value is -0.770. The van der Waals surface area contributed by atoms with Crippen LogP contribution in [0.4, 0.5) is 4.79 Å². The molecule has 0 aromatic rings. The Morgan fingerprint density at radius 2 is 2.18 bits per heavy atom. The van der Waals surface area contributed by atoms with Gasteiger partial charge in [-0.25, -0.2) is 4.79 Å². The minimum atomic E-state index is -0.361. The van der Waals surface area contributed by atoms with Crippen LogP contribution in [-0.2, 0) is 0 Å². The SMILES string of the molecule is CC(C)(N)C1CCN1C(N)=O. The van der Waals surface area contributed by atoms with Gasteiger partial charge in [-0.2, -0.15) is 0 Å². The molecule has 1 saturated heterocycles. The van der Waals surface area contributed by atoms with Gasteiger partial charge in [-0.15, -0.1) is 0 Å². The first-order valence-corrected chi connectivity index (χ1v) is 3.78. The van der Waals surface area contributed by atoms with E-state index in [1.165, 1.54) is 0 Å². The Kier molecular flexibility index (Phi) is 1.80. The number of amides is 2. The molecule has 1 unspecified atom stereocenters. The third-order valence-corrected chi connectivity index (χ3v) is 2.16. The van der Waals surface area contributed by atoms with Gasteiger partial charge in [-0.1, -0.05) is 0 Å². The smallest absolute Gasteiger partial charge is 0.315 e. The number of carbonyl (C=O) groups is 1. The van der Waals surface area contributed by atoms with Gasteiger partial charge < -0.3 is 16.4 Å². The summed E-state index contributed by atoms with van der Waals surface area (Å²) in [6, 6.07) is -0.236. The monoisotopic (exact) mass is 157 g/mol. The van der Waals surface area contributed by atoms with Crippen molar-refractivity contribution in [3.05, 3.63) is 0 Å². The molecule has 1 heterocycles. The molecule has 0 spiro atoms. The molecule has 2 amide bonds. The average Bonchev–Trinajstić information content (AvgIpc) is 1.51. The molecule has 0 saturated carbocycles. The van der Waals surface area contributed by atoms with E-state index < -0.39 is 0 Å². The molecule has 0 aromatic carbocycles. The number of likely N-dealkylation sites (tertiary alicyclic amines) is 1. The zero-order valence-electron chi connectivity index (χ0n) is 7.00. The highest BCUT2D eigenvalue weighted by Gasteiger charge is 2.39. The van der Waals surface area contributed by atoms with Crippen molar-refractivity contribution in [1.82, 2.24) is 4.90 Å². The molecule has 1 atom stereocenters. The van der Waals surface area contributed by atoms with E-state index in [1.807, 2.05) is 13.8 Å². The Balaban J connectivity index is 2.57. The summed E-state index contributed by atoms with van der Waals surface area (Å²) >= 11 is 0. The second-order valence-corrected chi connectivity index (χ2v) is 3.66. The summed E-state index contributed by atoms with van der Waals surface area (Å²) in [6.45, 7) is 4.57. The van der Waals surface area contributed by atoms with Crippen LogP contribution >= 0.6 is 0 Å². The maximum atomic E-state index is 10.7. The standard InChI is InChI=1S/C7H15N3O/c1-7(2,9)5-3-4-10(5)6(8)11/h5H,3-4,9H2,1-2H3,(H2,8,11). The lowest BCUT2D eigenvalue weighted by Crippen LogP contribution is -2.65. The maximum absolute atomic E-state index is 10.7. The van der Waals surface area contributed by atoms with Gasteiger partial charge in [0.05, 0.1) is 6.04 Å². The zero-order chi connectivity index (χ0) is 8.65. The van der Waals surface area contributed by atoms with E-state index in [9.17, 15) is 4.79 Å². The number of urea groups is 1. The molecular weight excluding hydrogens is 142 g/mol. The van der Waals surface area contributed by atoms with Gasteiger partial charge in [0, 0.05) is 12.1 Å². The van der Waals surface area contributed by atoms with Crippen molar-refractivity contribution < 1.29 is 4.79 Å². The molecule has 1 aliphatic rings. The fourth-order valence-electron chi connectivity index (χ4n) is 1.42. The lowest BCUT2D eigenvalue weighted by atomic mass is 9.86. The average molecular weight is 157 g/mol. The Morgan fingerprint density at radius 1 is 1.64 bits per heavy atom. The van der Waals surface area contributed by atoms with Gasteiger partial charge in [0.25, 0.3) is 0 Å². The van der Waals surface area contributed by atoms with Crippen LogP contribution in [0.1, 0.15) is 20.3 Å². The second kappa shape index (κ2) is 2.37. The van der Waals surface area contributed by atoms with Gasteiger partial charge in [0.1, 0.15) is 0 Å². The van der Waals surface area contributed by atoms with Crippen LogP contribution in [0.2, 0.25) is 0 Å². The molecule has 11 heavy (non-hydrogen) atoms.